The van der Waals surface area contributed by atoms with Crippen LogP contribution in [0.1, 0.15) is 18.2 Å². The average molecular weight is 183 g/mol. The lowest BCUT2D eigenvalue weighted by molar-refractivity contribution is -0.120. The van der Waals surface area contributed by atoms with Crippen molar-refractivity contribution in [2.24, 2.45) is 0 Å². The molecule has 66 valence electrons. The highest BCUT2D eigenvalue weighted by molar-refractivity contribution is 7.10. The van der Waals surface area contributed by atoms with Crippen molar-refractivity contribution in [1.29, 1.82) is 0 Å². The molecule has 0 aliphatic heterocycles. The predicted molar refractivity (Wildman–Crippen MR) is 51.3 cm³/mol. The number of amides is 1. The van der Waals surface area contributed by atoms with Crippen LogP contribution in [0, 0.1) is 0 Å². The number of carbonyl (C=O) groups excluding carboxylic acids is 1. The first-order chi connectivity index (χ1) is 5.83. The zero-order chi connectivity index (χ0) is 8.81. The maximum absolute atomic E-state index is 11.2. The second-order valence-corrected chi connectivity index (χ2v) is 3.64. The van der Waals surface area contributed by atoms with Gasteiger partial charge in [-0.05, 0) is 17.9 Å². The number of rotatable bonds is 4. The summed E-state index contributed by atoms with van der Waals surface area (Å²) in [5.41, 5.74) is 0. The van der Waals surface area contributed by atoms with Crippen molar-refractivity contribution in [1.82, 2.24) is 5.32 Å². The summed E-state index contributed by atoms with van der Waals surface area (Å²) in [6.07, 6.45) is 1.52. The van der Waals surface area contributed by atoms with E-state index in [-0.39, 0.29) is 5.91 Å². The van der Waals surface area contributed by atoms with Crippen LogP contribution in [-0.2, 0) is 11.2 Å². The van der Waals surface area contributed by atoms with Gasteiger partial charge in [-0.2, -0.15) is 0 Å². The number of hydrogen-bond acceptors (Lipinski definition) is 2. The van der Waals surface area contributed by atoms with Gasteiger partial charge in [0.15, 0.2) is 0 Å². The third-order valence-corrected chi connectivity index (χ3v) is 2.36. The highest BCUT2D eigenvalue weighted by Crippen LogP contribution is 2.08. The van der Waals surface area contributed by atoms with E-state index in [0.717, 1.165) is 17.8 Å². The molecular formula is C9H13NOS. The Labute approximate surface area is 76.6 Å². The molecule has 2 nitrogen and oxygen atoms in total. The summed E-state index contributed by atoms with van der Waals surface area (Å²) in [7, 11) is 0. The number of carbonyl (C=O) groups is 1. The van der Waals surface area contributed by atoms with Gasteiger partial charge in [-0.1, -0.05) is 13.0 Å². The lowest BCUT2D eigenvalue weighted by atomic mass is 10.3. The van der Waals surface area contributed by atoms with Crippen molar-refractivity contribution in [2.45, 2.75) is 19.8 Å². The van der Waals surface area contributed by atoms with E-state index in [9.17, 15) is 4.79 Å². The zero-order valence-electron chi connectivity index (χ0n) is 7.17. The van der Waals surface area contributed by atoms with Crippen LogP contribution in [0.25, 0.3) is 0 Å². The van der Waals surface area contributed by atoms with E-state index in [4.69, 9.17) is 0 Å². The fraction of sp³-hybridized carbons (Fsp3) is 0.444. The Balaban J connectivity index is 2.27. The Hall–Kier alpha value is -0.830. The second kappa shape index (κ2) is 4.93. The van der Waals surface area contributed by atoms with Crippen LogP contribution in [0.2, 0.25) is 0 Å². The van der Waals surface area contributed by atoms with Crippen molar-refractivity contribution >= 4 is 17.2 Å². The molecule has 1 amide bonds. The first-order valence-electron chi connectivity index (χ1n) is 4.12. The Morgan fingerprint density at radius 2 is 2.50 bits per heavy atom. The molecule has 0 atom stereocenters. The van der Waals surface area contributed by atoms with Gasteiger partial charge in [0.2, 0.25) is 5.91 Å². The topological polar surface area (TPSA) is 29.1 Å². The van der Waals surface area contributed by atoms with Crippen LogP contribution in [0.3, 0.4) is 0 Å². The number of hydrogen-bond donors (Lipinski definition) is 1. The van der Waals surface area contributed by atoms with Crippen LogP contribution >= 0.6 is 11.3 Å². The van der Waals surface area contributed by atoms with Crippen molar-refractivity contribution in [3.8, 4) is 0 Å². The summed E-state index contributed by atoms with van der Waals surface area (Å²) >= 11 is 1.62. The predicted octanol–water partition coefficient (Wildman–Crippen LogP) is 1.82. The van der Waals surface area contributed by atoms with E-state index in [0.29, 0.717) is 6.42 Å². The zero-order valence-corrected chi connectivity index (χ0v) is 7.99. The minimum atomic E-state index is 0.124. The molecule has 1 heterocycles. The fourth-order valence-corrected chi connectivity index (χ4v) is 1.60. The molecule has 3 heteroatoms. The largest absolute Gasteiger partial charge is 0.356 e. The fourth-order valence-electron chi connectivity index (χ4n) is 0.898. The number of thiophene rings is 1. The maximum Gasteiger partial charge on any atom is 0.225 e. The van der Waals surface area contributed by atoms with E-state index in [1.807, 2.05) is 24.4 Å². The standard InChI is InChI=1S/C9H13NOS/c1-2-5-10-9(11)7-8-4-3-6-12-8/h3-4,6H,2,5,7H2,1H3,(H,10,11). The van der Waals surface area contributed by atoms with Gasteiger partial charge in [0.25, 0.3) is 0 Å². The molecule has 0 saturated heterocycles. The Bertz CT molecular complexity index is 231. The van der Waals surface area contributed by atoms with Crippen LogP contribution in [0.15, 0.2) is 17.5 Å². The minimum absolute atomic E-state index is 0.124. The van der Waals surface area contributed by atoms with E-state index < -0.39 is 0 Å². The second-order valence-electron chi connectivity index (χ2n) is 2.61. The van der Waals surface area contributed by atoms with Gasteiger partial charge < -0.3 is 5.32 Å². The highest BCUT2D eigenvalue weighted by Gasteiger charge is 2.01. The Kier molecular flexibility index (Phi) is 3.80. The average Bonchev–Trinajstić information content (AvgIpc) is 2.53. The van der Waals surface area contributed by atoms with E-state index in [1.54, 1.807) is 11.3 Å². The van der Waals surface area contributed by atoms with Crippen molar-refractivity contribution < 1.29 is 4.79 Å². The molecule has 1 aromatic heterocycles. The normalized spacial score (nSPS) is 9.75. The lowest BCUT2D eigenvalue weighted by Gasteiger charge is -2.00. The molecule has 0 spiro atoms. The summed E-state index contributed by atoms with van der Waals surface area (Å²) in [5.74, 6) is 0.124. The summed E-state index contributed by atoms with van der Waals surface area (Å²) in [5, 5.41) is 4.83. The van der Waals surface area contributed by atoms with Gasteiger partial charge in [0.1, 0.15) is 0 Å². The smallest absolute Gasteiger partial charge is 0.225 e. The SMILES string of the molecule is CCCNC(=O)Cc1cccs1. The molecule has 0 radical (unpaired) electrons. The van der Waals surface area contributed by atoms with Gasteiger partial charge in [-0.15, -0.1) is 11.3 Å². The van der Waals surface area contributed by atoms with Gasteiger partial charge >= 0.3 is 0 Å². The maximum atomic E-state index is 11.2. The first kappa shape index (κ1) is 9.26. The van der Waals surface area contributed by atoms with E-state index in [1.165, 1.54) is 0 Å². The third-order valence-electron chi connectivity index (χ3n) is 1.49. The molecule has 0 aromatic carbocycles. The first-order valence-corrected chi connectivity index (χ1v) is 5.00. The summed E-state index contributed by atoms with van der Waals surface area (Å²) in [4.78, 5) is 12.3. The quantitative estimate of drug-likeness (QED) is 0.758. The monoisotopic (exact) mass is 183 g/mol. The van der Waals surface area contributed by atoms with Gasteiger partial charge in [0, 0.05) is 11.4 Å². The van der Waals surface area contributed by atoms with Gasteiger partial charge in [-0.25, -0.2) is 0 Å². The van der Waals surface area contributed by atoms with Crippen molar-refractivity contribution in [3.63, 3.8) is 0 Å². The molecule has 0 aliphatic carbocycles. The lowest BCUT2D eigenvalue weighted by Crippen LogP contribution is -2.25. The summed E-state index contributed by atoms with van der Waals surface area (Å²) in [6.45, 7) is 2.83. The van der Waals surface area contributed by atoms with Gasteiger partial charge in [0.05, 0.1) is 6.42 Å². The molecule has 0 aliphatic rings. The molecule has 0 bridgehead atoms. The van der Waals surface area contributed by atoms with Crippen LogP contribution < -0.4 is 5.32 Å². The molecule has 0 saturated carbocycles. The number of nitrogens with one attached hydrogen (secondary N) is 1. The van der Waals surface area contributed by atoms with Crippen LogP contribution in [0.4, 0.5) is 0 Å². The highest BCUT2D eigenvalue weighted by atomic mass is 32.1. The van der Waals surface area contributed by atoms with E-state index in [2.05, 4.69) is 5.32 Å². The van der Waals surface area contributed by atoms with Crippen molar-refractivity contribution in [3.05, 3.63) is 22.4 Å². The van der Waals surface area contributed by atoms with Crippen LogP contribution in [0.5, 0.6) is 0 Å². The van der Waals surface area contributed by atoms with Crippen LogP contribution in [-0.4, -0.2) is 12.5 Å². The third kappa shape index (κ3) is 3.05. The van der Waals surface area contributed by atoms with Gasteiger partial charge in [-0.3, -0.25) is 4.79 Å². The molecule has 1 N–H and O–H groups in total. The molecule has 12 heavy (non-hydrogen) atoms. The molecule has 0 unspecified atom stereocenters. The summed E-state index contributed by atoms with van der Waals surface area (Å²) < 4.78 is 0. The Morgan fingerprint density at radius 3 is 3.08 bits per heavy atom. The van der Waals surface area contributed by atoms with Crippen molar-refractivity contribution in [2.75, 3.05) is 6.54 Å². The summed E-state index contributed by atoms with van der Waals surface area (Å²) in [6, 6.07) is 3.95. The molecule has 0 fully saturated rings. The van der Waals surface area contributed by atoms with E-state index >= 15 is 0 Å². The minimum Gasteiger partial charge on any atom is -0.356 e. The Morgan fingerprint density at radius 1 is 1.67 bits per heavy atom. The molecular weight excluding hydrogens is 170 g/mol. The molecule has 1 rings (SSSR count). The molecule has 1 aromatic rings.